The summed E-state index contributed by atoms with van der Waals surface area (Å²) in [5, 5.41) is 0. The minimum absolute atomic E-state index is 0.521. The third-order valence-electron chi connectivity index (χ3n) is 1.35. The number of hydrogen-bond acceptors (Lipinski definition) is 3. The molecular formula is C8H12BrN3. The van der Waals surface area contributed by atoms with E-state index in [1.807, 2.05) is 0 Å². The molecule has 0 spiro atoms. The third kappa shape index (κ3) is 2.77. The molecule has 4 heteroatoms. The van der Waals surface area contributed by atoms with E-state index in [0.717, 1.165) is 16.8 Å². The van der Waals surface area contributed by atoms with E-state index < -0.39 is 0 Å². The van der Waals surface area contributed by atoms with Crippen LogP contribution in [0.25, 0.3) is 0 Å². The van der Waals surface area contributed by atoms with Crippen LogP contribution in [-0.4, -0.2) is 9.97 Å². The van der Waals surface area contributed by atoms with Crippen molar-refractivity contribution in [1.82, 2.24) is 9.97 Å². The highest BCUT2D eigenvalue weighted by Gasteiger charge is 2.02. The van der Waals surface area contributed by atoms with Gasteiger partial charge in [-0.2, -0.15) is 0 Å². The van der Waals surface area contributed by atoms with Gasteiger partial charge in [0.1, 0.15) is 16.2 Å². The fourth-order valence-electron chi connectivity index (χ4n) is 0.940. The van der Waals surface area contributed by atoms with E-state index >= 15 is 0 Å². The molecule has 2 N–H and O–H groups in total. The number of nitrogens with two attached hydrogens (primary N) is 1. The summed E-state index contributed by atoms with van der Waals surface area (Å²) in [4.78, 5) is 8.31. The van der Waals surface area contributed by atoms with Gasteiger partial charge in [0, 0.05) is 12.5 Å². The molecule has 1 aromatic heterocycles. The zero-order chi connectivity index (χ0) is 9.14. The van der Waals surface area contributed by atoms with Crippen molar-refractivity contribution in [3.05, 3.63) is 16.5 Å². The fourth-order valence-corrected chi connectivity index (χ4v) is 1.38. The number of aromatic nitrogens is 2. The van der Waals surface area contributed by atoms with Crippen molar-refractivity contribution < 1.29 is 0 Å². The maximum Gasteiger partial charge on any atom is 0.132 e. The number of hydrogen-bond donors (Lipinski definition) is 1. The van der Waals surface area contributed by atoms with Gasteiger partial charge >= 0.3 is 0 Å². The molecule has 0 saturated carbocycles. The zero-order valence-electron chi connectivity index (χ0n) is 7.21. The second-order valence-corrected chi connectivity index (χ2v) is 3.94. The van der Waals surface area contributed by atoms with Crippen LogP contribution in [0.1, 0.15) is 19.7 Å². The number of nitrogens with zero attached hydrogens (tertiary/aromatic N) is 2. The normalized spacial score (nSPS) is 10.7. The summed E-state index contributed by atoms with van der Waals surface area (Å²) in [6.45, 7) is 4.25. The maximum absolute atomic E-state index is 5.55. The van der Waals surface area contributed by atoms with Gasteiger partial charge in [-0.25, -0.2) is 9.97 Å². The van der Waals surface area contributed by atoms with Crippen molar-refractivity contribution in [3.63, 3.8) is 0 Å². The topological polar surface area (TPSA) is 51.8 Å². The molecule has 1 aromatic rings. The van der Waals surface area contributed by atoms with Crippen molar-refractivity contribution in [2.45, 2.75) is 20.3 Å². The van der Waals surface area contributed by atoms with Crippen LogP contribution >= 0.6 is 15.9 Å². The lowest BCUT2D eigenvalue weighted by Crippen LogP contribution is -2.03. The Morgan fingerprint density at radius 2 is 2.17 bits per heavy atom. The first-order valence-corrected chi connectivity index (χ1v) is 4.66. The molecule has 3 nitrogen and oxygen atoms in total. The SMILES string of the molecule is CC(C)Cc1nc(N)cc(Br)n1. The predicted molar refractivity (Wildman–Crippen MR) is 52.7 cm³/mol. The average molecular weight is 230 g/mol. The van der Waals surface area contributed by atoms with E-state index in [4.69, 9.17) is 5.73 Å². The highest BCUT2D eigenvalue weighted by atomic mass is 79.9. The first-order valence-electron chi connectivity index (χ1n) is 3.87. The molecule has 0 aliphatic rings. The van der Waals surface area contributed by atoms with E-state index in [1.165, 1.54) is 0 Å². The van der Waals surface area contributed by atoms with Crippen LogP contribution in [0.5, 0.6) is 0 Å². The Morgan fingerprint density at radius 3 is 2.67 bits per heavy atom. The summed E-state index contributed by atoms with van der Waals surface area (Å²) in [5.41, 5.74) is 5.55. The average Bonchev–Trinajstić information content (AvgIpc) is 1.81. The molecule has 0 aliphatic heterocycles. The molecule has 0 fully saturated rings. The summed E-state index contributed by atoms with van der Waals surface area (Å²) in [5.74, 6) is 1.88. The maximum atomic E-state index is 5.55. The highest BCUT2D eigenvalue weighted by molar-refractivity contribution is 9.10. The lowest BCUT2D eigenvalue weighted by Gasteiger charge is -2.03. The van der Waals surface area contributed by atoms with Crippen LogP contribution in [0, 0.1) is 5.92 Å². The van der Waals surface area contributed by atoms with Gasteiger partial charge in [-0.3, -0.25) is 0 Å². The number of nitrogen functional groups attached to an aromatic ring is 1. The van der Waals surface area contributed by atoms with Gasteiger partial charge in [-0.05, 0) is 21.8 Å². The third-order valence-corrected chi connectivity index (χ3v) is 1.76. The molecule has 0 aliphatic carbocycles. The highest BCUT2D eigenvalue weighted by Crippen LogP contribution is 2.11. The summed E-state index contributed by atoms with van der Waals surface area (Å²) in [6, 6.07) is 1.70. The molecule has 0 amide bonds. The van der Waals surface area contributed by atoms with Gasteiger partial charge in [0.2, 0.25) is 0 Å². The van der Waals surface area contributed by atoms with E-state index in [-0.39, 0.29) is 0 Å². The number of anilines is 1. The Labute approximate surface area is 80.5 Å². The van der Waals surface area contributed by atoms with Crippen molar-refractivity contribution >= 4 is 21.7 Å². The van der Waals surface area contributed by atoms with E-state index in [1.54, 1.807) is 6.07 Å². The smallest absolute Gasteiger partial charge is 0.132 e. The Morgan fingerprint density at radius 1 is 1.50 bits per heavy atom. The molecule has 12 heavy (non-hydrogen) atoms. The lowest BCUT2D eigenvalue weighted by atomic mass is 10.1. The van der Waals surface area contributed by atoms with Crippen LogP contribution in [-0.2, 0) is 6.42 Å². The molecular weight excluding hydrogens is 218 g/mol. The van der Waals surface area contributed by atoms with Crippen LogP contribution in [0.3, 0.4) is 0 Å². The number of rotatable bonds is 2. The molecule has 1 rings (SSSR count). The minimum atomic E-state index is 0.521. The Balaban J connectivity index is 2.85. The Bertz CT molecular complexity index is 253. The van der Waals surface area contributed by atoms with Gasteiger partial charge < -0.3 is 5.73 Å². The first-order chi connectivity index (χ1) is 5.58. The standard InChI is InChI=1S/C8H12BrN3/c1-5(2)3-8-11-6(9)4-7(10)12-8/h4-5H,3H2,1-2H3,(H2,10,11,12). The van der Waals surface area contributed by atoms with E-state index in [2.05, 4.69) is 39.7 Å². The monoisotopic (exact) mass is 229 g/mol. The molecule has 0 saturated heterocycles. The van der Waals surface area contributed by atoms with E-state index in [0.29, 0.717) is 11.7 Å². The van der Waals surface area contributed by atoms with E-state index in [9.17, 15) is 0 Å². The van der Waals surface area contributed by atoms with Crippen molar-refractivity contribution in [2.75, 3.05) is 5.73 Å². The van der Waals surface area contributed by atoms with Gasteiger partial charge in [-0.15, -0.1) is 0 Å². The molecule has 0 radical (unpaired) electrons. The quantitative estimate of drug-likeness (QED) is 0.790. The van der Waals surface area contributed by atoms with Crippen molar-refractivity contribution in [3.8, 4) is 0 Å². The summed E-state index contributed by atoms with van der Waals surface area (Å²) >= 11 is 3.27. The van der Waals surface area contributed by atoms with Gasteiger partial charge in [-0.1, -0.05) is 13.8 Å². The second-order valence-electron chi connectivity index (χ2n) is 3.13. The molecule has 0 aromatic carbocycles. The molecule has 1 heterocycles. The molecule has 0 atom stereocenters. The molecule has 66 valence electrons. The Kier molecular flexibility index (Phi) is 3.03. The second kappa shape index (κ2) is 3.85. The van der Waals surface area contributed by atoms with Gasteiger partial charge in [0.25, 0.3) is 0 Å². The van der Waals surface area contributed by atoms with Crippen molar-refractivity contribution in [2.24, 2.45) is 5.92 Å². The van der Waals surface area contributed by atoms with Crippen LogP contribution in [0.4, 0.5) is 5.82 Å². The lowest BCUT2D eigenvalue weighted by molar-refractivity contribution is 0.620. The first kappa shape index (κ1) is 9.45. The molecule has 0 bridgehead atoms. The van der Waals surface area contributed by atoms with Crippen molar-refractivity contribution in [1.29, 1.82) is 0 Å². The largest absolute Gasteiger partial charge is 0.384 e. The zero-order valence-corrected chi connectivity index (χ0v) is 8.80. The summed E-state index contributed by atoms with van der Waals surface area (Å²) in [7, 11) is 0. The van der Waals surface area contributed by atoms with Crippen LogP contribution in [0.15, 0.2) is 10.7 Å². The van der Waals surface area contributed by atoms with Gasteiger partial charge in [0.15, 0.2) is 0 Å². The molecule has 0 unspecified atom stereocenters. The van der Waals surface area contributed by atoms with Crippen LogP contribution < -0.4 is 5.73 Å². The Hall–Kier alpha value is -0.640. The van der Waals surface area contributed by atoms with Gasteiger partial charge in [0.05, 0.1) is 0 Å². The number of halogens is 1. The summed E-state index contributed by atoms with van der Waals surface area (Å²) in [6.07, 6.45) is 0.865. The summed E-state index contributed by atoms with van der Waals surface area (Å²) < 4.78 is 0.755. The minimum Gasteiger partial charge on any atom is -0.384 e. The predicted octanol–water partition coefficient (Wildman–Crippen LogP) is 2.02. The van der Waals surface area contributed by atoms with Crippen LogP contribution in [0.2, 0.25) is 0 Å². The fraction of sp³-hybridized carbons (Fsp3) is 0.500.